The molecule has 0 aliphatic rings. The minimum atomic E-state index is -1.37. The molecule has 0 bridgehead atoms. The lowest BCUT2D eigenvalue weighted by Crippen LogP contribution is -2.37. The summed E-state index contributed by atoms with van der Waals surface area (Å²) < 4.78 is 10.4. The van der Waals surface area contributed by atoms with Crippen LogP contribution in [0.25, 0.3) is 22.1 Å². The number of fused-ring (bicyclic) bond motifs is 1. The highest BCUT2D eigenvalue weighted by atomic mass is 35.5. The van der Waals surface area contributed by atoms with Crippen LogP contribution in [0.4, 0.5) is 0 Å². The van der Waals surface area contributed by atoms with Crippen LogP contribution >= 0.6 is 11.6 Å². The van der Waals surface area contributed by atoms with Crippen LogP contribution in [0.15, 0.2) is 57.7 Å². The number of carbonyl (C=O) groups is 1. The van der Waals surface area contributed by atoms with Crippen LogP contribution in [0, 0.1) is 0 Å². The molecule has 2 aromatic carbocycles. The van der Waals surface area contributed by atoms with E-state index >= 15 is 0 Å². The molecule has 0 amide bonds. The molecule has 0 aliphatic heterocycles. The molecule has 3 rings (SSSR count). The summed E-state index contributed by atoms with van der Waals surface area (Å²) in [5.74, 6) is -1.26. The summed E-state index contributed by atoms with van der Waals surface area (Å²) in [7, 11) is 0. The number of carbonyl (C=O) groups excluding carboxylic acids is 1. The van der Waals surface area contributed by atoms with Crippen molar-refractivity contribution in [3.05, 3.63) is 64.0 Å². The minimum absolute atomic E-state index is 0.106. The second kappa shape index (κ2) is 6.37. The van der Waals surface area contributed by atoms with Gasteiger partial charge in [0.05, 0.1) is 11.0 Å². The number of aliphatic carboxylic acids is 1. The van der Waals surface area contributed by atoms with E-state index in [1.807, 2.05) is 30.3 Å². The summed E-state index contributed by atoms with van der Waals surface area (Å²) in [6.45, 7) is 1.33. The average molecular weight is 344 g/mol. The topological polar surface area (TPSA) is 79.6 Å². The molecule has 1 heterocycles. The quantitative estimate of drug-likeness (QED) is 0.680. The second-order valence-electron chi connectivity index (χ2n) is 5.20. The van der Waals surface area contributed by atoms with Gasteiger partial charge in [-0.3, -0.25) is 0 Å². The van der Waals surface area contributed by atoms with Gasteiger partial charge in [0.2, 0.25) is 0 Å². The van der Waals surface area contributed by atoms with Gasteiger partial charge in [-0.25, -0.2) is 4.79 Å². The van der Waals surface area contributed by atoms with E-state index in [0.29, 0.717) is 10.9 Å². The number of hydrogen-bond acceptors (Lipinski definition) is 5. The highest BCUT2D eigenvalue weighted by Gasteiger charge is 2.14. The molecule has 1 atom stereocenters. The van der Waals surface area contributed by atoms with Crippen molar-refractivity contribution in [3.8, 4) is 16.9 Å². The highest BCUT2D eigenvalue weighted by Crippen LogP contribution is 2.35. The maximum atomic E-state index is 11.9. The zero-order valence-corrected chi connectivity index (χ0v) is 13.4. The number of ether oxygens (including phenoxy) is 1. The molecule has 0 radical (unpaired) electrons. The second-order valence-corrected chi connectivity index (χ2v) is 5.61. The van der Waals surface area contributed by atoms with Gasteiger partial charge in [0, 0.05) is 17.5 Å². The first-order chi connectivity index (χ1) is 11.5. The summed E-state index contributed by atoms with van der Waals surface area (Å²) >= 11 is 6.19. The van der Waals surface area contributed by atoms with Gasteiger partial charge in [0.15, 0.2) is 0 Å². The molecule has 24 heavy (non-hydrogen) atoms. The first-order valence-electron chi connectivity index (χ1n) is 7.16. The fraction of sp³-hybridized carbons (Fsp3) is 0.111. The molecular weight excluding hydrogens is 332 g/mol. The summed E-state index contributed by atoms with van der Waals surface area (Å²) in [5.41, 5.74) is 1.24. The zero-order valence-electron chi connectivity index (χ0n) is 12.6. The Labute approximate surface area is 142 Å². The Bertz CT molecular complexity index is 962. The van der Waals surface area contributed by atoms with Gasteiger partial charge in [-0.05, 0) is 24.1 Å². The molecule has 3 aromatic rings. The number of carboxylic acids is 1. The predicted octanol–water partition coefficient (Wildman–Crippen LogP) is 2.63. The van der Waals surface area contributed by atoms with Crippen molar-refractivity contribution in [1.82, 2.24) is 0 Å². The Kier molecular flexibility index (Phi) is 4.27. The highest BCUT2D eigenvalue weighted by molar-refractivity contribution is 6.33. The van der Waals surface area contributed by atoms with Gasteiger partial charge < -0.3 is 19.1 Å². The SMILES string of the molecule is C[C@H](Oc1cc2oc(=O)cc(-c3ccccc3)c2cc1Cl)C(=O)[O-]. The summed E-state index contributed by atoms with van der Waals surface area (Å²) in [4.78, 5) is 22.7. The van der Waals surface area contributed by atoms with E-state index in [1.54, 1.807) is 6.07 Å². The molecule has 0 N–H and O–H groups in total. The third-order valence-electron chi connectivity index (χ3n) is 3.52. The first-order valence-corrected chi connectivity index (χ1v) is 7.54. The fourth-order valence-electron chi connectivity index (χ4n) is 2.35. The van der Waals surface area contributed by atoms with Gasteiger partial charge in [-0.15, -0.1) is 0 Å². The number of rotatable bonds is 4. The minimum Gasteiger partial charge on any atom is -0.546 e. The normalized spacial score (nSPS) is 12.1. The van der Waals surface area contributed by atoms with E-state index in [1.165, 1.54) is 19.1 Å². The van der Waals surface area contributed by atoms with Crippen LogP contribution in [-0.2, 0) is 4.79 Å². The van der Waals surface area contributed by atoms with Crippen molar-refractivity contribution < 1.29 is 19.1 Å². The maximum Gasteiger partial charge on any atom is 0.336 e. The van der Waals surface area contributed by atoms with E-state index < -0.39 is 17.7 Å². The standard InChI is InChI=1S/C18H13ClO5/c1-10(18(21)22)23-16-9-15-13(7-14(16)19)12(8-17(20)24-15)11-5-3-2-4-6-11/h2-10H,1H3,(H,21,22)/p-1/t10-/m0/s1. The van der Waals surface area contributed by atoms with Gasteiger partial charge in [-0.2, -0.15) is 0 Å². The largest absolute Gasteiger partial charge is 0.546 e. The number of carboxylic acid groups (broad SMARTS) is 1. The molecule has 122 valence electrons. The Balaban J connectivity index is 2.18. The van der Waals surface area contributed by atoms with E-state index in [-0.39, 0.29) is 16.4 Å². The van der Waals surface area contributed by atoms with E-state index in [9.17, 15) is 14.7 Å². The molecular formula is C18H12ClO5-. The van der Waals surface area contributed by atoms with Crippen LogP contribution in [0.2, 0.25) is 5.02 Å². The van der Waals surface area contributed by atoms with Gasteiger partial charge in [0.1, 0.15) is 17.4 Å². The van der Waals surface area contributed by atoms with E-state index in [4.69, 9.17) is 20.8 Å². The van der Waals surface area contributed by atoms with Crippen LogP contribution in [0.1, 0.15) is 6.92 Å². The first kappa shape index (κ1) is 16.1. The van der Waals surface area contributed by atoms with Crippen LogP contribution in [0.3, 0.4) is 0 Å². The van der Waals surface area contributed by atoms with Crippen LogP contribution in [0.5, 0.6) is 5.75 Å². The van der Waals surface area contributed by atoms with Crippen molar-refractivity contribution in [2.75, 3.05) is 0 Å². The lowest BCUT2D eigenvalue weighted by atomic mass is 10.0. The lowest BCUT2D eigenvalue weighted by Gasteiger charge is -2.17. The zero-order chi connectivity index (χ0) is 17.3. The monoisotopic (exact) mass is 343 g/mol. The molecule has 0 saturated carbocycles. The maximum absolute atomic E-state index is 11.9. The third kappa shape index (κ3) is 3.12. The fourth-order valence-corrected chi connectivity index (χ4v) is 2.56. The van der Waals surface area contributed by atoms with Crippen molar-refractivity contribution in [1.29, 1.82) is 0 Å². The van der Waals surface area contributed by atoms with Gasteiger partial charge in [-0.1, -0.05) is 41.9 Å². The molecule has 5 nitrogen and oxygen atoms in total. The third-order valence-corrected chi connectivity index (χ3v) is 3.81. The Morgan fingerprint density at radius 1 is 1.21 bits per heavy atom. The molecule has 0 aliphatic carbocycles. The molecule has 6 heteroatoms. The Morgan fingerprint density at radius 2 is 1.92 bits per heavy atom. The van der Waals surface area contributed by atoms with Crippen molar-refractivity contribution in [3.63, 3.8) is 0 Å². The smallest absolute Gasteiger partial charge is 0.336 e. The predicted molar refractivity (Wildman–Crippen MR) is 88.0 cm³/mol. The van der Waals surface area contributed by atoms with E-state index in [0.717, 1.165) is 5.56 Å². The molecule has 0 saturated heterocycles. The van der Waals surface area contributed by atoms with Crippen molar-refractivity contribution in [2.24, 2.45) is 0 Å². The average Bonchev–Trinajstić information content (AvgIpc) is 2.56. The molecule has 0 spiro atoms. The molecule has 0 unspecified atom stereocenters. The Morgan fingerprint density at radius 3 is 2.58 bits per heavy atom. The summed E-state index contributed by atoms with van der Waals surface area (Å²) in [6, 6.07) is 13.7. The van der Waals surface area contributed by atoms with Crippen molar-refractivity contribution in [2.45, 2.75) is 13.0 Å². The summed E-state index contributed by atoms with van der Waals surface area (Å²) in [6.07, 6.45) is -1.19. The number of benzene rings is 2. The van der Waals surface area contributed by atoms with Gasteiger partial charge in [0.25, 0.3) is 0 Å². The molecule has 0 fully saturated rings. The number of halogens is 1. The Hall–Kier alpha value is -2.79. The van der Waals surface area contributed by atoms with Crippen LogP contribution < -0.4 is 15.5 Å². The van der Waals surface area contributed by atoms with E-state index in [2.05, 4.69) is 0 Å². The number of hydrogen-bond donors (Lipinski definition) is 0. The van der Waals surface area contributed by atoms with Crippen LogP contribution in [-0.4, -0.2) is 12.1 Å². The van der Waals surface area contributed by atoms with Crippen molar-refractivity contribution >= 4 is 28.5 Å². The molecule has 1 aromatic heterocycles. The summed E-state index contributed by atoms with van der Waals surface area (Å²) in [5, 5.41) is 11.7. The van der Waals surface area contributed by atoms with Gasteiger partial charge >= 0.3 is 5.63 Å². The lowest BCUT2D eigenvalue weighted by molar-refractivity contribution is -0.312.